The van der Waals surface area contributed by atoms with E-state index in [0.29, 0.717) is 0 Å². The molecule has 10 aromatic carbocycles. The summed E-state index contributed by atoms with van der Waals surface area (Å²) in [7, 11) is 0. The summed E-state index contributed by atoms with van der Waals surface area (Å²) in [5.74, 6) is 0. The summed E-state index contributed by atoms with van der Waals surface area (Å²) < 4.78 is 6.45. The van der Waals surface area contributed by atoms with Crippen LogP contribution in [0.4, 0.5) is 17.1 Å². The lowest BCUT2D eigenvalue weighted by atomic mass is 9.94. The van der Waals surface area contributed by atoms with Crippen LogP contribution in [-0.2, 0) is 0 Å². The van der Waals surface area contributed by atoms with Crippen LogP contribution in [0.15, 0.2) is 217 Å². The van der Waals surface area contributed by atoms with E-state index in [1.54, 1.807) is 0 Å². The second kappa shape index (κ2) is 13.2. The SMILES string of the molecule is c1ccc(-c2ccc(N(c3ccccc3-c3ccc4oc5cc6ccccc6cc5c4c3)c3cccc4c3ccc3ccccc34)c(-c3ccccc3)c2)cc1. The molecule has 0 atom stereocenters. The lowest BCUT2D eigenvalue weighted by Gasteiger charge is -2.31. The van der Waals surface area contributed by atoms with Crippen molar-refractivity contribution < 1.29 is 4.42 Å². The molecule has 0 spiro atoms. The van der Waals surface area contributed by atoms with Gasteiger partial charge in [0.15, 0.2) is 0 Å². The minimum atomic E-state index is 0.886. The molecule has 11 rings (SSSR count). The highest BCUT2D eigenvalue weighted by atomic mass is 16.3. The van der Waals surface area contributed by atoms with Gasteiger partial charge in [-0.1, -0.05) is 164 Å². The van der Waals surface area contributed by atoms with Crippen molar-refractivity contribution in [3.63, 3.8) is 0 Å². The van der Waals surface area contributed by atoms with E-state index in [4.69, 9.17) is 4.42 Å². The first-order valence-electron chi connectivity index (χ1n) is 19.2. The second-order valence-corrected chi connectivity index (χ2v) is 14.5. The van der Waals surface area contributed by atoms with Crippen molar-refractivity contribution in [2.24, 2.45) is 0 Å². The minimum absolute atomic E-state index is 0.886. The number of benzene rings is 10. The fraction of sp³-hybridized carbons (Fsp3) is 0. The Morgan fingerprint density at radius 2 is 0.893 bits per heavy atom. The highest BCUT2D eigenvalue weighted by Crippen LogP contribution is 2.48. The van der Waals surface area contributed by atoms with Crippen molar-refractivity contribution >= 4 is 71.3 Å². The van der Waals surface area contributed by atoms with Gasteiger partial charge >= 0.3 is 0 Å². The first kappa shape index (κ1) is 32.0. The summed E-state index contributed by atoms with van der Waals surface area (Å²) >= 11 is 0. The Hall–Kier alpha value is -7.42. The first-order chi connectivity index (χ1) is 27.8. The average Bonchev–Trinajstić information content (AvgIpc) is 3.63. The molecule has 0 aliphatic rings. The summed E-state index contributed by atoms with van der Waals surface area (Å²) in [6.45, 7) is 0. The van der Waals surface area contributed by atoms with Gasteiger partial charge in [-0.05, 0) is 97.7 Å². The molecule has 11 aromatic rings. The van der Waals surface area contributed by atoms with Crippen LogP contribution in [0.5, 0.6) is 0 Å². The molecule has 0 radical (unpaired) electrons. The van der Waals surface area contributed by atoms with Gasteiger partial charge in [-0.25, -0.2) is 0 Å². The number of furan rings is 1. The fourth-order valence-electron chi connectivity index (χ4n) is 8.54. The third kappa shape index (κ3) is 5.34. The Morgan fingerprint density at radius 3 is 1.73 bits per heavy atom. The molecular weight excluding hydrogens is 679 g/mol. The minimum Gasteiger partial charge on any atom is -0.456 e. The van der Waals surface area contributed by atoms with E-state index in [-0.39, 0.29) is 0 Å². The van der Waals surface area contributed by atoms with Gasteiger partial charge in [0.05, 0.1) is 17.1 Å². The van der Waals surface area contributed by atoms with Crippen LogP contribution < -0.4 is 4.90 Å². The standard InChI is InChI=1S/C54H35NO/c1-3-14-36(15-4-1)41-27-30-52(47(32-41)37-16-5-2-6-17-37)55(51-25-13-23-45-43-21-10-9-18-38(43)26-29-46(45)51)50-24-12-11-22-44(50)42-28-31-53-48(34-42)49-33-39-19-7-8-20-40(39)35-54(49)56-53/h1-35H. The predicted molar refractivity (Wildman–Crippen MR) is 237 cm³/mol. The summed E-state index contributed by atoms with van der Waals surface area (Å²) in [5.41, 5.74) is 12.0. The molecule has 0 saturated carbocycles. The third-order valence-electron chi connectivity index (χ3n) is 11.2. The number of nitrogens with zero attached hydrogens (tertiary/aromatic N) is 1. The van der Waals surface area contributed by atoms with Crippen LogP contribution in [0.1, 0.15) is 0 Å². The summed E-state index contributed by atoms with van der Waals surface area (Å²) in [6, 6.07) is 76.7. The zero-order chi connectivity index (χ0) is 37.0. The molecule has 2 heteroatoms. The van der Waals surface area contributed by atoms with Gasteiger partial charge in [-0.3, -0.25) is 0 Å². The number of fused-ring (bicyclic) bond motifs is 7. The summed E-state index contributed by atoms with van der Waals surface area (Å²) in [6.07, 6.45) is 0. The van der Waals surface area contributed by atoms with Crippen LogP contribution in [0.25, 0.3) is 87.6 Å². The summed E-state index contributed by atoms with van der Waals surface area (Å²) in [5, 5.41) is 9.50. The molecule has 0 N–H and O–H groups in total. The van der Waals surface area contributed by atoms with E-state index in [1.165, 1.54) is 43.4 Å². The molecular formula is C54H35NO. The Bertz CT molecular complexity index is 3250. The van der Waals surface area contributed by atoms with Gasteiger partial charge in [0.25, 0.3) is 0 Å². The second-order valence-electron chi connectivity index (χ2n) is 14.5. The van der Waals surface area contributed by atoms with Crippen LogP contribution >= 0.6 is 0 Å². The average molecular weight is 714 g/mol. The predicted octanol–water partition coefficient (Wildman–Crippen LogP) is 15.5. The topological polar surface area (TPSA) is 16.4 Å². The molecule has 0 fully saturated rings. The third-order valence-corrected chi connectivity index (χ3v) is 11.2. The van der Waals surface area contributed by atoms with Crippen LogP contribution in [0.3, 0.4) is 0 Å². The number of hydrogen-bond acceptors (Lipinski definition) is 2. The molecule has 262 valence electrons. The number of hydrogen-bond donors (Lipinski definition) is 0. The maximum atomic E-state index is 6.45. The summed E-state index contributed by atoms with van der Waals surface area (Å²) in [4.78, 5) is 2.48. The van der Waals surface area contributed by atoms with Crippen molar-refractivity contribution in [1.82, 2.24) is 0 Å². The van der Waals surface area contributed by atoms with E-state index in [0.717, 1.165) is 61.3 Å². The Morgan fingerprint density at radius 1 is 0.268 bits per heavy atom. The lowest BCUT2D eigenvalue weighted by Crippen LogP contribution is -2.13. The normalized spacial score (nSPS) is 11.6. The van der Waals surface area contributed by atoms with Gasteiger partial charge in [-0.15, -0.1) is 0 Å². The molecule has 2 nitrogen and oxygen atoms in total. The van der Waals surface area contributed by atoms with Gasteiger partial charge in [0.1, 0.15) is 11.2 Å². The molecule has 0 saturated heterocycles. The van der Waals surface area contributed by atoms with E-state index in [2.05, 4.69) is 217 Å². The Balaban J connectivity index is 1.19. The quantitative estimate of drug-likeness (QED) is 0.160. The maximum absolute atomic E-state index is 6.45. The van der Waals surface area contributed by atoms with Gasteiger partial charge in [0, 0.05) is 27.3 Å². The molecule has 1 aromatic heterocycles. The molecule has 1 heterocycles. The van der Waals surface area contributed by atoms with Crippen LogP contribution in [0, 0.1) is 0 Å². The molecule has 56 heavy (non-hydrogen) atoms. The van der Waals surface area contributed by atoms with E-state index in [1.807, 2.05) is 0 Å². The number of anilines is 3. The molecule has 0 aliphatic heterocycles. The van der Waals surface area contributed by atoms with Gasteiger partial charge in [-0.2, -0.15) is 0 Å². The lowest BCUT2D eigenvalue weighted by molar-refractivity contribution is 0.669. The van der Waals surface area contributed by atoms with Gasteiger partial charge < -0.3 is 9.32 Å². The number of rotatable bonds is 6. The van der Waals surface area contributed by atoms with Crippen molar-refractivity contribution in [3.8, 4) is 33.4 Å². The van der Waals surface area contributed by atoms with Crippen molar-refractivity contribution in [2.75, 3.05) is 4.90 Å². The fourth-order valence-corrected chi connectivity index (χ4v) is 8.54. The largest absolute Gasteiger partial charge is 0.456 e. The Kier molecular flexibility index (Phi) is 7.53. The zero-order valence-electron chi connectivity index (χ0n) is 30.6. The van der Waals surface area contributed by atoms with Crippen molar-refractivity contribution in [2.45, 2.75) is 0 Å². The van der Waals surface area contributed by atoms with E-state index < -0.39 is 0 Å². The first-order valence-corrected chi connectivity index (χ1v) is 19.2. The highest BCUT2D eigenvalue weighted by Gasteiger charge is 2.23. The van der Waals surface area contributed by atoms with Crippen molar-refractivity contribution in [1.29, 1.82) is 0 Å². The highest BCUT2D eigenvalue weighted by molar-refractivity contribution is 6.14. The molecule has 0 amide bonds. The number of para-hydroxylation sites is 1. The van der Waals surface area contributed by atoms with E-state index in [9.17, 15) is 0 Å². The molecule has 0 aliphatic carbocycles. The molecule has 0 bridgehead atoms. The van der Waals surface area contributed by atoms with Gasteiger partial charge in [0.2, 0.25) is 0 Å². The van der Waals surface area contributed by atoms with E-state index >= 15 is 0 Å². The Labute approximate surface area is 325 Å². The maximum Gasteiger partial charge on any atom is 0.136 e. The zero-order valence-corrected chi connectivity index (χ0v) is 30.6. The molecule has 0 unspecified atom stereocenters. The monoisotopic (exact) mass is 713 g/mol. The van der Waals surface area contributed by atoms with Crippen LogP contribution in [0.2, 0.25) is 0 Å². The van der Waals surface area contributed by atoms with Crippen molar-refractivity contribution in [3.05, 3.63) is 212 Å². The van der Waals surface area contributed by atoms with Crippen LogP contribution in [-0.4, -0.2) is 0 Å². The smallest absolute Gasteiger partial charge is 0.136 e.